The molecule has 1 aromatic carbocycles. The van der Waals surface area contributed by atoms with Crippen molar-refractivity contribution in [2.24, 2.45) is 0 Å². The largest absolute Gasteiger partial charge is 0.395 e. The summed E-state index contributed by atoms with van der Waals surface area (Å²) in [6.45, 7) is -0.959. The lowest BCUT2D eigenvalue weighted by atomic mass is 10.1. The number of fused-ring (bicyclic) bond motifs is 1. The molecule has 1 heterocycles. The smallest absolute Gasteiger partial charge is 0.270 e. The molecule has 1 aliphatic heterocycles. The molecular formula is C12H13NO6S. The number of hydrogen-bond donors (Lipinski definition) is 2. The predicted molar refractivity (Wildman–Crippen MR) is 68.8 cm³/mol. The van der Waals surface area contributed by atoms with Crippen LogP contribution in [0.25, 0.3) is 0 Å². The van der Waals surface area contributed by atoms with Crippen molar-refractivity contribution in [2.45, 2.75) is 11.7 Å². The van der Waals surface area contributed by atoms with Gasteiger partial charge in [0.2, 0.25) is 0 Å². The molecule has 0 fully saturated rings. The van der Waals surface area contributed by atoms with Gasteiger partial charge in [-0.1, -0.05) is 12.1 Å². The van der Waals surface area contributed by atoms with E-state index in [1.165, 1.54) is 12.1 Å². The van der Waals surface area contributed by atoms with Gasteiger partial charge in [-0.3, -0.25) is 19.0 Å². The van der Waals surface area contributed by atoms with Gasteiger partial charge in [0.1, 0.15) is 5.25 Å². The minimum absolute atomic E-state index is 0.183. The lowest BCUT2D eigenvalue weighted by Crippen LogP contribution is -2.35. The molecule has 0 aliphatic carbocycles. The second kappa shape index (κ2) is 5.31. The Bertz CT molecular complexity index is 619. The van der Waals surface area contributed by atoms with E-state index in [0.717, 1.165) is 4.90 Å². The Balaban J connectivity index is 2.13. The summed E-state index contributed by atoms with van der Waals surface area (Å²) in [5.41, 5.74) is 0.537. The minimum atomic E-state index is -4.41. The molecule has 0 saturated carbocycles. The molecule has 1 aromatic rings. The van der Waals surface area contributed by atoms with Crippen LogP contribution in [-0.4, -0.2) is 53.2 Å². The number of carbonyl (C=O) groups excluding carboxylic acids is 2. The zero-order valence-corrected chi connectivity index (χ0v) is 11.2. The van der Waals surface area contributed by atoms with Crippen molar-refractivity contribution < 1.29 is 27.7 Å². The number of nitrogens with zero attached hydrogens (tertiary/aromatic N) is 1. The van der Waals surface area contributed by atoms with Crippen LogP contribution in [0, 0.1) is 0 Å². The van der Waals surface area contributed by atoms with E-state index in [0.29, 0.717) is 0 Å². The number of carbonyl (C=O) groups is 2. The molecule has 1 aliphatic rings. The van der Waals surface area contributed by atoms with Crippen LogP contribution in [0.2, 0.25) is 0 Å². The number of hydrogen-bond acceptors (Lipinski definition) is 5. The number of imide groups is 1. The summed E-state index contributed by atoms with van der Waals surface area (Å²) in [6.07, 6.45) is -0.221. The molecule has 1 atom stereocenters. The quantitative estimate of drug-likeness (QED) is 0.581. The molecule has 7 nitrogen and oxygen atoms in total. The van der Waals surface area contributed by atoms with E-state index in [1.54, 1.807) is 12.1 Å². The zero-order valence-electron chi connectivity index (χ0n) is 10.4. The Hall–Kier alpha value is -1.77. The maximum absolute atomic E-state index is 12.0. The Kier molecular flexibility index (Phi) is 3.89. The van der Waals surface area contributed by atoms with Crippen LogP contribution in [0.1, 0.15) is 27.1 Å². The van der Waals surface area contributed by atoms with E-state index in [2.05, 4.69) is 0 Å². The molecule has 0 aromatic heterocycles. The molecule has 2 amide bonds. The third kappa shape index (κ3) is 2.58. The summed E-state index contributed by atoms with van der Waals surface area (Å²) in [7, 11) is -4.41. The molecule has 2 rings (SSSR count). The zero-order chi connectivity index (χ0) is 14.9. The summed E-state index contributed by atoms with van der Waals surface area (Å²) in [5, 5.41) is 7.50. The van der Waals surface area contributed by atoms with Gasteiger partial charge in [0.05, 0.1) is 17.7 Å². The predicted octanol–water partition coefficient (Wildman–Crippen LogP) is -0.0786. The summed E-state index contributed by atoms with van der Waals surface area (Å²) in [5.74, 6) is -1.00. The number of amides is 2. The average molecular weight is 299 g/mol. The first kappa shape index (κ1) is 14.6. The molecule has 1 unspecified atom stereocenters. The van der Waals surface area contributed by atoms with Gasteiger partial charge in [-0.2, -0.15) is 8.42 Å². The van der Waals surface area contributed by atoms with Crippen LogP contribution in [-0.2, 0) is 10.1 Å². The topological polar surface area (TPSA) is 112 Å². The highest BCUT2D eigenvalue weighted by Crippen LogP contribution is 2.23. The van der Waals surface area contributed by atoms with Crippen molar-refractivity contribution in [3.63, 3.8) is 0 Å². The van der Waals surface area contributed by atoms with Gasteiger partial charge in [0.25, 0.3) is 21.9 Å². The highest BCUT2D eigenvalue weighted by Gasteiger charge is 2.36. The number of benzene rings is 1. The van der Waals surface area contributed by atoms with Crippen molar-refractivity contribution in [1.29, 1.82) is 0 Å². The van der Waals surface area contributed by atoms with Gasteiger partial charge in [-0.15, -0.1) is 0 Å². The van der Waals surface area contributed by atoms with E-state index >= 15 is 0 Å². The molecule has 0 saturated heterocycles. The molecule has 0 spiro atoms. The van der Waals surface area contributed by atoms with Crippen molar-refractivity contribution >= 4 is 21.9 Å². The van der Waals surface area contributed by atoms with Gasteiger partial charge in [0, 0.05) is 6.54 Å². The fourth-order valence-electron chi connectivity index (χ4n) is 2.05. The first-order chi connectivity index (χ1) is 9.36. The van der Waals surface area contributed by atoms with Gasteiger partial charge < -0.3 is 5.11 Å². The lowest BCUT2D eigenvalue weighted by Gasteiger charge is -2.16. The third-order valence-corrected chi connectivity index (χ3v) is 4.40. The first-order valence-electron chi connectivity index (χ1n) is 5.88. The van der Waals surface area contributed by atoms with Crippen molar-refractivity contribution in [2.75, 3.05) is 13.2 Å². The van der Waals surface area contributed by atoms with Gasteiger partial charge in [-0.25, -0.2) is 0 Å². The van der Waals surface area contributed by atoms with Crippen LogP contribution in [0.5, 0.6) is 0 Å². The Labute approximate surface area is 115 Å². The molecule has 8 heteroatoms. The van der Waals surface area contributed by atoms with E-state index in [4.69, 9.17) is 9.66 Å². The van der Waals surface area contributed by atoms with Gasteiger partial charge in [-0.05, 0) is 18.6 Å². The number of aliphatic hydroxyl groups excluding tert-OH is 1. The summed E-state index contributed by atoms with van der Waals surface area (Å²) < 4.78 is 30.8. The number of aliphatic hydroxyl groups is 1. The molecule has 20 heavy (non-hydrogen) atoms. The van der Waals surface area contributed by atoms with Gasteiger partial charge >= 0.3 is 0 Å². The van der Waals surface area contributed by atoms with E-state index in [1.807, 2.05) is 0 Å². The SMILES string of the molecule is O=C1c2ccccc2C(=O)N1CCC(CO)S(=O)(=O)O. The van der Waals surface area contributed by atoms with Crippen molar-refractivity contribution in [3.8, 4) is 0 Å². The van der Waals surface area contributed by atoms with E-state index in [9.17, 15) is 18.0 Å². The molecule has 0 radical (unpaired) electrons. The van der Waals surface area contributed by atoms with Gasteiger partial charge in [0.15, 0.2) is 0 Å². The monoisotopic (exact) mass is 299 g/mol. The first-order valence-corrected chi connectivity index (χ1v) is 7.39. The second-order valence-electron chi connectivity index (χ2n) is 4.42. The van der Waals surface area contributed by atoms with Crippen LogP contribution in [0.4, 0.5) is 0 Å². The summed E-state index contributed by atoms with van der Waals surface area (Å²) >= 11 is 0. The highest BCUT2D eigenvalue weighted by molar-refractivity contribution is 7.86. The molecule has 108 valence electrons. The summed E-state index contributed by atoms with van der Waals surface area (Å²) in [6, 6.07) is 6.29. The van der Waals surface area contributed by atoms with Crippen LogP contribution >= 0.6 is 0 Å². The molecule has 2 N–H and O–H groups in total. The third-order valence-electron chi connectivity index (χ3n) is 3.18. The Morgan fingerprint density at radius 3 is 2.00 bits per heavy atom. The van der Waals surface area contributed by atoms with E-state index < -0.39 is 33.8 Å². The fraction of sp³-hybridized carbons (Fsp3) is 0.333. The summed E-state index contributed by atoms with van der Waals surface area (Å²) in [4.78, 5) is 24.9. The Morgan fingerprint density at radius 2 is 1.60 bits per heavy atom. The molecule has 0 bridgehead atoms. The fourth-order valence-corrected chi connectivity index (χ4v) is 2.64. The normalized spacial score (nSPS) is 16.4. The second-order valence-corrected chi connectivity index (χ2v) is 6.11. The Morgan fingerprint density at radius 1 is 1.10 bits per heavy atom. The maximum Gasteiger partial charge on any atom is 0.270 e. The standard InChI is InChI=1S/C12H13NO6S/c14-7-8(20(17,18)19)5-6-13-11(15)9-3-1-2-4-10(9)12(13)16/h1-4,8,14H,5-7H2,(H,17,18,19). The van der Waals surface area contributed by atoms with Crippen molar-refractivity contribution in [1.82, 2.24) is 4.90 Å². The van der Waals surface area contributed by atoms with Crippen molar-refractivity contribution in [3.05, 3.63) is 35.4 Å². The van der Waals surface area contributed by atoms with E-state index in [-0.39, 0.29) is 24.1 Å². The number of rotatable bonds is 5. The van der Waals surface area contributed by atoms with Crippen LogP contribution < -0.4 is 0 Å². The highest BCUT2D eigenvalue weighted by atomic mass is 32.2. The maximum atomic E-state index is 12.0. The average Bonchev–Trinajstić information content (AvgIpc) is 2.63. The minimum Gasteiger partial charge on any atom is -0.395 e. The van der Waals surface area contributed by atoms with Crippen LogP contribution in [0.15, 0.2) is 24.3 Å². The molecular weight excluding hydrogens is 286 g/mol. The lowest BCUT2D eigenvalue weighted by molar-refractivity contribution is 0.0648. The van der Waals surface area contributed by atoms with Crippen LogP contribution in [0.3, 0.4) is 0 Å².